The third-order valence-corrected chi connectivity index (χ3v) is 4.46. The van der Waals surface area contributed by atoms with Gasteiger partial charge in [0.25, 0.3) is 0 Å². The van der Waals surface area contributed by atoms with E-state index in [-0.39, 0.29) is 11.9 Å². The van der Waals surface area contributed by atoms with E-state index < -0.39 is 0 Å². The third-order valence-electron chi connectivity index (χ3n) is 3.19. The summed E-state index contributed by atoms with van der Waals surface area (Å²) >= 11 is 1.69. The van der Waals surface area contributed by atoms with Crippen LogP contribution in [0.15, 0.2) is 59.5 Å². The first-order valence-corrected chi connectivity index (χ1v) is 7.52. The zero-order valence-corrected chi connectivity index (χ0v) is 12.5. The van der Waals surface area contributed by atoms with Crippen LogP contribution in [0.1, 0.15) is 17.0 Å². The molecular weight excluding hydrogens is 268 g/mol. The molecule has 2 aromatic carbocycles. The summed E-state index contributed by atoms with van der Waals surface area (Å²) < 4.78 is 4.93. The number of thioether (sulfide) groups is 1. The topological polar surface area (TPSA) is 26.3 Å². The summed E-state index contributed by atoms with van der Waals surface area (Å²) in [5, 5.41) is 0. The van der Waals surface area contributed by atoms with Crippen LogP contribution in [0.25, 0.3) is 0 Å². The summed E-state index contributed by atoms with van der Waals surface area (Å²) in [5.41, 5.74) is 2.23. The lowest BCUT2D eigenvalue weighted by molar-refractivity contribution is -0.141. The maximum Gasteiger partial charge on any atom is 0.313 e. The number of esters is 1. The molecular formula is C17H18O2S. The largest absolute Gasteiger partial charge is 0.469 e. The van der Waals surface area contributed by atoms with E-state index in [0.29, 0.717) is 5.75 Å². The van der Waals surface area contributed by atoms with E-state index >= 15 is 0 Å². The number of benzene rings is 2. The number of ether oxygens (including phenoxy) is 1. The Bertz CT molecular complexity index is 566. The number of hydrogen-bond acceptors (Lipinski definition) is 3. The van der Waals surface area contributed by atoms with Crippen molar-refractivity contribution in [1.29, 1.82) is 0 Å². The van der Waals surface area contributed by atoms with Crippen LogP contribution < -0.4 is 0 Å². The molecule has 3 heteroatoms. The molecule has 0 aliphatic heterocycles. The van der Waals surface area contributed by atoms with E-state index in [0.717, 1.165) is 5.56 Å². The van der Waals surface area contributed by atoms with Gasteiger partial charge in [-0.05, 0) is 24.1 Å². The van der Waals surface area contributed by atoms with Gasteiger partial charge in [0.2, 0.25) is 0 Å². The Morgan fingerprint density at radius 1 is 1.10 bits per heavy atom. The Kier molecular flexibility index (Phi) is 5.24. The van der Waals surface area contributed by atoms with Crippen LogP contribution in [-0.4, -0.2) is 18.8 Å². The summed E-state index contributed by atoms with van der Waals surface area (Å²) in [6, 6.07) is 18.0. The minimum absolute atomic E-state index is 0.183. The Morgan fingerprint density at radius 3 is 2.40 bits per heavy atom. The standard InChI is InChI=1S/C17H18O2S/c1-13-8-6-7-11-16(13)20-12-15(17(18)19-2)14-9-4-3-5-10-14/h3-11,15H,12H2,1-2H3. The van der Waals surface area contributed by atoms with Crippen molar-refractivity contribution in [2.45, 2.75) is 17.7 Å². The predicted octanol–water partition coefficient (Wildman–Crippen LogP) is 4.04. The van der Waals surface area contributed by atoms with Crippen LogP contribution in [0.4, 0.5) is 0 Å². The maximum absolute atomic E-state index is 12.0. The number of aryl methyl sites for hydroxylation is 1. The van der Waals surface area contributed by atoms with E-state index in [9.17, 15) is 4.79 Å². The van der Waals surface area contributed by atoms with Crippen molar-refractivity contribution in [3.63, 3.8) is 0 Å². The van der Waals surface area contributed by atoms with Crippen LogP contribution in [-0.2, 0) is 9.53 Å². The predicted molar refractivity (Wildman–Crippen MR) is 83.1 cm³/mol. The molecule has 0 aromatic heterocycles. The van der Waals surface area contributed by atoms with Crippen LogP contribution >= 0.6 is 11.8 Å². The van der Waals surface area contributed by atoms with Crippen LogP contribution in [0.3, 0.4) is 0 Å². The average Bonchev–Trinajstić information content (AvgIpc) is 2.50. The second-order valence-corrected chi connectivity index (χ2v) is 5.62. The third kappa shape index (κ3) is 3.64. The van der Waals surface area contributed by atoms with Crippen molar-refractivity contribution in [1.82, 2.24) is 0 Å². The first-order valence-electron chi connectivity index (χ1n) is 6.53. The van der Waals surface area contributed by atoms with Crippen molar-refractivity contribution in [2.24, 2.45) is 0 Å². The highest BCUT2D eigenvalue weighted by atomic mass is 32.2. The minimum Gasteiger partial charge on any atom is -0.469 e. The number of hydrogen-bond donors (Lipinski definition) is 0. The Labute approximate surface area is 124 Å². The molecule has 0 saturated heterocycles. The summed E-state index contributed by atoms with van der Waals surface area (Å²) in [4.78, 5) is 13.2. The highest BCUT2D eigenvalue weighted by Gasteiger charge is 2.21. The molecule has 1 unspecified atom stereocenters. The normalized spacial score (nSPS) is 11.9. The molecule has 0 N–H and O–H groups in total. The lowest BCUT2D eigenvalue weighted by atomic mass is 10.0. The lowest BCUT2D eigenvalue weighted by Gasteiger charge is -2.15. The van der Waals surface area contributed by atoms with Gasteiger partial charge in [-0.3, -0.25) is 4.79 Å². The molecule has 0 spiro atoms. The summed E-state index contributed by atoms with van der Waals surface area (Å²) in [6.45, 7) is 2.08. The van der Waals surface area contributed by atoms with Gasteiger partial charge in [0.05, 0.1) is 13.0 Å². The summed E-state index contributed by atoms with van der Waals surface area (Å²) in [7, 11) is 1.44. The van der Waals surface area contributed by atoms with Crippen molar-refractivity contribution in [2.75, 3.05) is 12.9 Å². The quantitative estimate of drug-likeness (QED) is 0.613. The van der Waals surface area contributed by atoms with Crippen LogP contribution in [0.2, 0.25) is 0 Å². The molecule has 0 heterocycles. The molecule has 2 rings (SSSR count). The molecule has 2 nitrogen and oxygen atoms in total. The molecule has 0 aliphatic carbocycles. The summed E-state index contributed by atoms with van der Waals surface area (Å²) in [5.74, 6) is 0.268. The minimum atomic E-state index is -0.231. The van der Waals surface area contributed by atoms with Gasteiger partial charge in [0.15, 0.2) is 0 Å². The maximum atomic E-state index is 12.0. The van der Waals surface area contributed by atoms with Gasteiger partial charge in [-0.15, -0.1) is 11.8 Å². The second-order valence-electron chi connectivity index (χ2n) is 4.56. The van der Waals surface area contributed by atoms with Gasteiger partial charge in [0, 0.05) is 10.6 Å². The molecule has 0 radical (unpaired) electrons. The molecule has 1 atom stereocenters. The zero-order chi connectivity index (χ0) is 14.4. The van der Waals surface area contributed by atoms with E-state index in [2.05, 4.69) is 19.1 Å². The number of carbonyl (C=O) groups excluding carboxylic acids is 1. The van der Waals surface area contributed by atoms with E-state index in [1.54, 1.807) is 11.8 Å². The fourth-order valence-electron chi connectivity index (χ4n) is 2.02. The second kappa shape index (κ2) is 7.15. The smallest absolute Gasteiger partial charge is 0.313 e. The lowest BCUT2D eigenvalue weighted by Crippen LogP contribution is -2.16. The van der Waals surface area contributed by atoms with Gasteiger partial charge in [-0.2, -0.15) is 0 Å². The molecule has 0 fully saturated rings. The van der Waals surface area contributed by atoms with Gasteiger partial charge in [-0.1, -0.05) is 48.5 Å². The first-order chi connectivity index (χ1) is 9.72. The SMILES string of the molecule is COC(=O)C(CSc1ccccc1C)c1ccccc1. The van der Waals surface area contributed by atoms with Gasteiger partial charge in [-0.25, -0.2) is 0 Å². The van der Waals surface area contributed by atoms with E-state index in [1.807, 2.05) is 42.5 Å². The first kappa shape index (κ1) is 14.7. The highest BCUT2D eigenvalue weighted by molar-refractivity contribution is 7.99. The Balaban J connectivity index is 2.14. The summed E-state index contributed by atoms with van der Waals surface area (Å²) in [6.07, 6.45) is 0. The fourth-order valence-corrected chi connectivity index (χ4v) is 3.16. The molecule has 2 aromatic rings. The number of rotatable bonds is 5. The van der Waals surface area contributed by atoms with Crippen molar-refractivity contribution in [3.8, 4) is 0 Å². The average molecular weight is 286 g/mol. The van der Waals surface area contributed by atoms with Gasteiger partial charge >= 0.3 is 5.97 Å². The monoisotopic (exact) mass is 286 g/mol. The molecule has 0 bridgehead atoms. The van der Waals surface area contributed by atoms with Gasteiger partial charge < -0.3 is 4.74 Å². The number of carbonyl (C=O) groups is 1. The molecule has 0 saturated carbocycles. The van der Waals surface area contributed by atoms with Crippen LogP contribution in [0, 0.1) is 6.92 Å². The molecule has 0 aliphatic rings. The Morgan fingerprint density at radius 2 is 1.75 bits per heavy atom. The van der Waals surface area contributed by atoms with E-state index in [1.165, 1.54) is 17.6 Å². The highest BCUT2D eigenvalue weighted by Crippen LogP contribution is 2.29. The zero-order valence-electron chi connectivity index (χ0n) is 11.7. The van der Waals surface area contributed by atoms with Crippen molar-refractivity contribution in [3.05, 3.63) is 65.7 Å². The molecule has 0 amide bonds. The fraction of sp³-hybridized carbons (Fsp3) is 0.235. The van der Waals surface area contributed by atoms with Crippen molar-refractivity contribution < 1.29 is 9.53 Å². The number of methoxy groups -OCH3 is 1. The molecule has 20 heavy (non-hydrogen) atoms. The van der Waals surface area contributed by atoms with E-state index in [4.69, 9.17) is 4.74 Å². The van der Waals surface area contributed by atoms with Crippen molar-refractivity contribution >= 4 is 17.7 Å². The Hall–Kier alpha value is -1.74. The van der Waals surface area contributed by atoms with Gasteiger partial charge in [0.1, 0.15) is 0 Å². The molecule has 104 valence electrons. The van der Waals surface area contributed by atoms with Crippen LogP contribution in [0.5, 0.6) is 0 Å².